The largest absolute Gasteiger partial charge is 0.480 e. The molecule has 0 aliphatic carbocycles. The highest BCUT2D eigenvalue weighted by molar-refractivity contribution is 6.12. The zero-order valence-corrected chi connectivity index (χ0v) is 17.7. The summed E-state index contributed by atoms with van der Waals surface area (Å²) in [7, 11) is 0. The first kappa shape index (κ1) is 22.2. The fourth-order valence-corrected chi connectivity index (χ4v) is 4.35. The molecule has 9 nitrogen and oxygen atoms in total. The SMILES string of the molecule is CC1C(=O)[C@@H]2C(NC(=O)C(C(=O)OCc3ccccc3)c3ccccc3)C(=O)N2C1C(=O)O. The third-order valence-corrected chi connectivity index (χ3v) is 6.06. The molecule has 4 unspecified atom stereocenters. The van der Waals surface area contributed by atoms with Gasteiger partial charge in [0.1, 0.15) is 24.7 Å². The average molecular weight is 450 g/mol. The van der Waals surface area contributed by atoms with E-state index in [4.69, 9.17) is 4.74 Å². The summed E-state index contributed by atoms with van der Waals surface area (Å²) in [5.74, 6) is -6.22. The molecule has 2 aliphatic rings. The lowest BCUT2D eigenvalue weighted by molar-refractivity contribution is -0.163. The van der Waals surface area contributed by atoms with Crippen molar-refractivity contribution < 1.29 is 33.8 Å². The van der Waals surface area contributed by atoms with Crippen LogP contribution < -0.4 is 5.32 Å². The average Bonchev–Trinajstić information content (AvgIpc) is 3.05. The summed E-state index contributed by atoms with van der Waals surface area (Å²) >= 11 is 0. The number of hydrogen-bond acceptors (Lipinski definition) is 6. The fraction of sp³-hybridized carbons (Fsp3) is 0.292. The lowest BCUT2D eigenvalue weighted by Crippen LogP contribution is -2.72. The highest BCUT2D eigenvalue weighted by atomic mass is 16.5. The van der Waals surface area contributed by atoms with Crippen molar-refractivity contribution in [2.45, 2.75) is 37.6 Å². The van der Waals surface area contributed by atoms with E-state index in [-0.39, 0.29) is 6.61 Å². The lowest BCUT2D eigenvalue weighted by Gasteiger charge is -2.43. The van der Waals surface area contributed by atoms with Crippen molar-refractivity contribution >= 4 is 29.5 Å². The molecule has 4 rings (SSSR count). The molecule has 2 amide bonds. The molecule has 2 heterocycles. The van der Waals surface area contributed by atoms with E-state index in [1.807, 2.05) is 6.07 Å². The number of carbonyl (C=O) groups excluding carboxylic acids is 4. The molecule has 0 saturated carbocycles. The standard InChI is InChI=1S/C24H22N2O7/c1-13-18(23(30)31)26-19(20(13)27)17(22(26)29)25-21(28)16(15-10-6-3-7-11-15)24(32)33-12-14-8-4-2-5-9-14/h2-11,13,16-19H,12H2,1H3,(H,25,28)(H,30,31)/t13?,16?,17?,18?,19-/m0/s1. The van der Waals surface area contributed by atoms with E-state index in [9.17, 15) is 29.1 Å². The van der Waals surface area contributed by atoms with Crippen LogP contribution in [0.3, 0.4) is 0 Å². The smallest absolute Gasteiger partial charge is 0.327 e. The Morgan fingerprint density at radius 1 is 1.03 bits per heavy atom. The number of nitrogens with one attached hydrogen (secondary N) is 1. The van der Waals surface area contributed by atoms with Gasteiger partial charge in [-0.15, -0.1) is 0 Å². The number of ether oxygens (including phenoxy) is 1. The van der Waals surface area contributed by atoms with Gasteiger partial charge in [-0.05, 0) is 11.1 Å². The topological polar surface area (TPSA) is 130 Å². The van der Waals surface area contributed by atoms with Gasteiger partial charge in [-0.1, -0.05) is 67.6 Å². The predicted octanol–water partition coefficient (Wildman–Crippen LogP) is 0.881. The van der Waals surface area contributed by atoms with Gasteiger partial charge >= 0.3 is 11.9 Å². The number of amides is 2. The number of carbonyl (C=O) groups is 5. The van der Waals surface area contributed by atoms with Crippen molar-refractivity contribution in [2.75, 3.05) is 0 Å². The summed E-state index contributed by atoms with van der Waals surface area (Å²) < 4.78 is 5.36. The second kappa shape index (κ2) is 8.85. The number of fused-ring (bicyclic) bond motifs is 1. The lowest BCUT2D eigenvalue weighted by atomic mass is 9.91. The van der Waals surface area contributed by atoms with Crippen molar-refractivity contribution in [2.24, 2.45) is 5.92 Å². The third kappa shape index (κ3) is 3.97. The van der Waals surface area contributed by atoms with Gasteiger partial charge in [-0.25, -0.2) is 4.79 Å². The van der Waals surface area contributed by atoms with Crippen LogP contribution in [0.5, 0.6) is 0 Å². The Kier molecular flexibility index (Phi) is 5.95. The number of carboxylic acids is 1. The molecule has 2 fully saturated rings. The number of hydrogen-bond donors (Lipinski definition) is 2. The second-order valence-electron chi connectivity index (χ2n) is 8.09. The van der Waals surface area contributed by atoms with E-state index in [0.29, 0.717) is 5.56 Å². The molecule has 0 spiro atoms. The molecule has 0 aromatic heterocycles. The summed E-state index contributed by atoms with van der Waals surface area (Å²) in [5.41, 5.74) is 1.11. The zero-order chi connectivity index (χ0) is 23.7. The number of ketones is 1. The molecule has 2 aliphatic heterocycles. The number of carboxylic acid groups (broad SMARTS) is 1. The predicted molar refractivity (Wildman–Crippen MR) is 114 cm³/mol. The Labute approximate surface area is 189 Å². The van der Waals surface area contributed by atoms with Crippen LogP contribution in [0.4, 0.5) is 0 Å². The second-order valence-corrected chi connectivity index (χ2v) is 8.09. The van der Waals surface area contributed by atoms with Crippen molar-refractivity contribution in [3.05, 3.63) is 71.8 Å². The van der Waals surface area contributed by atoms with E-state index in [0.717, 1.165) is 10.5 Å². The van der Waals surface area contributed by atoms with Gasteiger partial charge in [0.15, 0.2) is 11.7 Å². The number of benzene rings is 2. The van der Waals surface area contributed by atoms with E-state index in [2.05, 4.69) is 5.32 Å². The molecule has 2 aromatic rings. The molecule has 33 heavy (non-hydrogen) atoms. The molecule has 2 N–H and O–H groups in total. The molecular formula is C24H22N2O7. The van der Waals surface area contributed by atoms with Crippen molar-refractivity contribution in [3.8, 4) is 0 Å². The van der Waals surface area contributed by atoms with Crippen molar-refractivity contribution in [1.29, 1.82) is 0 Å². The van der Waals surface area contributed by atoms with Crippen LogP contribution in [0.1, 0.15) is 24.0 Å². The first-order valence-corrected chi connectivity index (χ1v) is 10.5. The van der Waals surface area contributed by atoms with Gasteiger partial charge in [-0.2, -0.15) is 0 Å². The van der Waals surface area contributed by atoms with Crippen LogP contribution in [-0.4, -0.2) is 57.7 Å². The molecule has 0 radical (unpaired) electrons. The molecule has 0 bridgehead atoms. The third-order valence-electron chi connectivity index (χ3n) is 6.06. The molecule has 2 saturated heterocycles. The van der Waals surface area contributed by atoms with Crippen LogP contribution >= 0.6 is 0 Å². The number of Topliss-reactive ketones (excluding diaryl/α,β-unsaturated/α-hetero) is 1. The van der Waals surface area contributed by atoms with E-state index >= 15 is 0 Å². The maximum atomic E-state index is 13.1. The molecular weight excluding hydrogens is 428 g/mol. The molecule has 5 atom stereocenters. The highest BCUT2D eigenvalue weighted by Crippen LogP contribution is 2.37. The van der Waals surface area contributed by atoms with E-state index < -0.39 is 59.5 Å². The monoisotopic (exact) mass is 450 g/mol. The van der Waals surface area contributed by atoms with E-state index in [1.54, 1.807) is 54.6 Å². The van der Waals surface area contributed by atoms with E-state index in [1.165, 1.54) is 6.92 Å². The summed E-state index contributed by atoms with van der Waals surface area (Å²) in [5, 5.41) is 11.9. The molecule has 2 aromatic carbocycles. The maximum Gasteiger partial charge on any atom is 0.327 e. The van der Waals surface area contributed by atoms with Crippen molar-refractivity contribution in [3.63, 3.8) is 0 Å². The van der Waals surface area contributed by atoms with Gasteiger partial charge in [0.05, 0.1) is 0 Å². The Bertz CT molecular complexity index is 1100. The number of aliphatic carboxylic acids is 1. The Balaban J connectivity index is 1.52. The minimum absolute atomic E-state index is 0.0364. The number of esters is 1. The van der Waals surface area contributed by atoms with Crippen LogP contribution in [0.25, 0.3) is 0 Å². The number of nitrogens with zero attached hydrogens (tertiary/aromatic N) is 1. The normalized spacial score (nSPS) is 24.5. The fourth-order valence-electron chi connectivity index (χ4n) is 4.35. The quantitative estimate of drug-likeness (QED) is 0.364. The minimum Gasteiger partial charge on any atom is -0.480 e. The number of β-lactam (4-membered cyclic amide) rings is 1. The van der Waals surface area contributed by atoms with Crippen LogP contribution in [0.2, 0.25) is 0 Å². The van der Waals surface area contributed by atoms with Gasteiger partial charge in [0.2, 0.25) is 11.8 Å². The van der Waals surface area contributed by atoms with Gasteiger partial charge in [0.25, 0.3) is 0 Å². The maximum absolute atomic E-state index is 13.1. The first-order chi connectivity index (χ1) is 15.8. The Morgan fingerprint density at radius 2 is 1.64 bits per heavy atom. The summed E-state index contributed by atoms with van der Waals surface area (Å²) in [6.07, 6.45) is 0. The van der Waals surface area contributed by atoms with Gasteiger partial charge < -0.3 is 20.1 Å². The Morgan fingerprint density at radius 3 is 2.24 bits per heavy atom. The first-order valence-electron chi connectivity index (χ1n) is 10.5. The van der Waals surface area contributed by atoms with Gasteiger partial charge in [0, 0.05) is 5.92 Å². The highest BCUT2D eigenvalue weighted by Gasteiger charge is 2.64. The molecule has 170 valence electrons. The minimum atomic E-state index is -1.36. The van der Waals surface area contributed by atoms with Crippen molar-refractivity contribution in [1.82, 2.24) is 10.2 Å². The summed E-state index contributed by atoms with van der Waals surface area (Å²) in [6, 6.07) is 13.7. The van der Waals surface area contributed by atoms with Gasteiger partial charge in [-0.3, -0.25) is 19.2 Å². The number of rotatable bonds is 7. The zero-order valence-electron chi connectivity index (χ0n) is 17.7. The Hall–Kier alpha value is -4.01. The summed E-state index contributed by atoms with van der Waals surface area (Å²) in [6.45, 7) is 1.41. The van der Waals surface area contributed by atoms with Crippen LogP contribution in [0.15, 0.2) is 60.7 Å². The summed E-state index contributed by atoms with van der Waals surface area (Å²) in [4.78, 5) is 63.7. The van der Waals surface area contributed by atoms with Crippen LogP contribution in [0, 0.1) is 5.92 Å². The molecule has 9 heteroatoms. The van der Waals surface area contributed by atoms with Crippen LogP contribution in [-0.2, 0) is 35.3 Å².